The maximum absolute atomic E-state index is 10.8. The molecule has 0 fully saturated rings. The smallest absolute Gasteiger partial charge is 0.305 e. The molecule has 0 radical (unpaired) electrons. The first-order valence-electron chi connectivity index (χ1n) is 4.78. The van der Waals surface area contributed by atoms with Crippen molar-refractivity contribution in [2.75, 3.05) is 0 Å². The Morgan fingerprint density at radius 2 is 2.12 bits per heavy atom. The van der Waals surface area contributed by atoms with Crippen LogP contribution in [0.4, 0.5) is 5.69 Å². The van der Waals surface area contributed by atoms with Crippen molar-refractivity contribution in [1.29, 1.82) is 0 Å². The van der Waals surface area contributed by atoms with E-state index in [0.717, 1.165) is 5.39 Å². The summed E-state index contributed by atoms with van der Waals surface area (Å²) < 4.78 is 5.88. The highest BCUT2D eigenvalue weighted by Crippen LogP contribution is 2.36. The molecule has 0 unspecified atom stereocenters. The van der Waals surface area contributed by atoms with Crippen LogP contribution in [0, 0.1) is 10.1 Å². The summed E-state index contributed by atoms with van der Waals surface area (Å²) in [4.78, 5) is 14.4. The number of aromatic nitrogens is 1. The van der Waals surface area contributed by atoms with E-state index in [4.69, 9.17) is 4.42 Å². The Bertz CT molecular complexity index is 751. The van der Waals surface area contributed by atoms with E-state index >= 15 is 0 Å². The Hall–Kier alpha value is -1.95. The molecule has 0 bridgehead atoms. The van der Waals surface area contributed by atoms with Crippen molar-refractivity contribution in [2.24, 2.45) is 0 Å². The van der Waals surface area contributed by atoms with Gasteiger partial charge < -0.3 is 4.42 Å². The molecule has 2 aromatic heterocycles. The minimum atomic E-state index is -0.496. The van der Waals surface area contributed by atoms with Gasteiger partial charge in [-0.2, -0.15) is 0 Å². The number of benzene rings is 1. The molecule has 0 aliphatic heterocycles. The van der Waals surface area contributed by atoms with Crippen molar-refractivity contribution >= 4 is 43.7 Å². The first-order chi connectivity index (χ1) is 8.18. The summed E-state index contributed by atoms with van der Waals surface area (Å²) in [7, 11) is 0. The van der Waals surface area contributed by atoms with E-state index in [0.29, 0.717) is 21.2 Å². The summed E-state index contributed by atoms with van der Waals surface area (Å²) in [6.07, 6.45) is 1.23. The monoisotopic (exact) mass is 292 g/mol. The van der Waals surface area contributed by atoms with E-state index in [1.807, 2.05) is 18.2 Å². The maximum atomic E-state index is 10.8. The molecular formula is C11H5BrN2O3. The van der Waals surface area contributed by atoms with Gasteiger partial charge in [0.15, 0.2) is 5.58 Å². The van der Waals surface area contributed by atoms with Crippen LogP contribution >= 0.6 is 15.9 Å². The minimum absolute atomic E-state index is 0.100. The van der Waals surface area contributed by atoms with Gasteiger partial charge >= 0.3 is 5.69 Å². The van der Waals surface area contributed by atoms with Gasteiger partial charge in [-0.25, -0.2) is 4.98 Å². The van der Waals surface area contributed by atoms with Gasteiger partial charge in [0.1, 0.15) is 21.8 Å². The van der Waals surface area contributed by atoms with E-state index in [1.165, 1.54) is 6.20 Å². The predicted molar refractivity (Wildman–Crippen MR) is 65.9 cm³/mol. The highest BCUT2D eigenvalue weighted by atomic mass is 79.9. The highest BCUT2D eigenvalue weighted by molar-refractivity contribution is 9.10. The number of rotatable bonds is 1. The molecule has 0 aliphatic carbocycles. The second-order valence-corrected chi connectivity index (χ2v) is 4.28. The molecule has 3 aromatic rings. The van der Waals surface area contributed by atoms with Crippen LogP contribution in [0.25, 0.3) is 22.1 Å². The molecule has 6 heteroatoms. The third-order valence-electron chi connectivity index (χ3n) is 2.51. The average Bonchev–Trinajstić information content (AvgIpc) is 2.69. The predicted octanol–water partition coefficient (Wildman–Crippen LogP) is 3.65. The Labute approximate surface area is 103 Å². The summed E-state index contributed by atoms with van der Waals surface area (Å²) in [6, 6.07) is 7.38. The molecule has 3 rings (SSSR count). The van der Waals surface area contributed by atoms with Crippen molar-refractivity contribution < 1.29 is 9.34 Å². The van der Waals surface area contributed by atoms with Crippen LogP contribution in [0.15, 0.2) is 39.4 Å². The van der Waals surface area contributed by atoms with Gasteiger partial charge in [0.25, 0.3) is 0 Å². The fourth-order valence-electron chi connectivity index (χ4n) is 1.73. The summed E-state index contributed by atoms with van der Waals surface area (Å²) >= 11 is 3.19. The lowest BCUT2D eigenvalue weighted by molar-refractivity contribution is -0.385. The van der Waals surface area contributed by atoms with Crippen LogP contribution in [-0.2, 0) is 0 Å². The fourth-order valence-corrected chi connectivity index (χ4v) is 2.25. The van der Waals surface area contributed by atoms with Gasteiger partial charge in [0.05, 0.1) is 4.92 Å². The number of pyridine rings is 1. The lowest BCUT2D eigenvalue weighted by Gasteiger charge is -1.94. The van der Waals surface area contributed by atoms with E-state index in [1.54, 1.807) is 6.07 Å². The summed E-state index contributed by atoms with van der Waals surface area (Å²) in [5.41, 5.74) is 1.59. The third kappa shape index (κ3) is 1.41. The standard InChI is InChI=1S/C11H5BrN2O3/c12-9-7(14(15)16)5-13-10-6-3-1-2-4-8(6)17-11(9)10/h1-5H. The number of halogens is 1. The Balaban J connectivity index is 2.48. The highest BCUT2D eigenvalue weighted by Gasteiger charge is 2.20. The van der Waals surface area contributed by atoms with Crippen molar-refractivity contribution in [3.05, 3.63) is 45.0 Å². The fraction of sp³-hybridized carbons (Fsp3) is 0. The minimum Gasteiger partial charge on any atom is -0.453 e. The average molecular weight is 293 g/mol. The maximum Gasteiger partial charge on any atom is 0.305 e. The normalized spacial score (nSPS) is 11.1. The summed E-state index contributed by atoms with van der Waals surface area (Å²) in [5.74, 6) is 0. The number of furan rings is 1. The number of fused-ring (bicyclic) bond motifs is 3. The summed E-state index contributed by atoms with van der Waals surface area (Å²) in [6.45, 7) is 0. The van der Waals surface area contributed by atoms with Crippen LogP contribution in [0.1, 0.15) is 0 Å². The van der Waals surface area contributed by atoms with Crippen molar-refractivity contribution in [3.63, 3.8) is 0 Å². The zero-order chi connectivity index (χ0) is 12.0. The van der Waals surface area contributed by atoms with Gasteiger partial charge in [-0.1, -0.05) is 12.1 Å². The van der Waals surface area contributed by atoms with E-state index in [2.05, 4.69) is 20.9 Å². The van der Waals surface area contributed by atoms with Crippen molar-refractivity contribution in [2.45, 2.75) is 0 Å². The zero-order valence-electron chi connectivity index (χ0n) is 8.38. The molecule has 0 saturated heterocycles. The molecule has 1 aromatic carbocycles. The topological polar surface area (TPSA) is 69.2 Å². The van der Waals surface area contributed by atoms with Gasteiger partial charge in [0, 0.05) is 5.39 Å². The molecular weight excluding hydrogens is 288 g/mol. The van der Waals surface area contributed by atoms with E-state index in [9.17, 15) is 10.1 Å². The summed E-state index contributed by atoms with van der Waals surface area (Å²) in [5, 5.41) is 11.6. The first kappa shape index (κ1) is 10.2. The molecule has 0 saturated carbocycles. The molecule has 0 atom stereocenters. The molecule has 17 heavy (non-hydrogen) atoms. The molecule has 0 aliphatic rings. The Morgan fingerprint density at radius 3 is 2.88 bits per heavy atom. The Morgan fingerprint density at radius 1 is 1.35 bits per heavy atom. The SMILES string of the molecule is O=[N+]([O-])c1cnc2c(oc3ccccc32)c1Br. The molecule has 0 amide bonds. The second-order valence-electron chi connectivity index (χ2n) is 3.49. The lowest BCUT2D eigenvalue weighted by Crippen LogP contribution is -1.90. The second kappa shape index (κ2) is 3.53. The molecule has 0 spiro atoms. The first-order valence-corrected chi connectivity index (χ1v) is 5.58. The molecule has 84 valence electrons. The largest absolute Gasteiger partial charge is 0.453 e. The lowest BCUT2D eigenvalue weighted by atomic mass is 10.2. The Kier molecular flexibility index (Phi) is 2.12. The quantitative estimate of drug-likeness (QED) is 0.507. The van der Waals surface area contributed by atoms with Crippen LogP contribution in [-0.4, -0.2) is 9.91 Å². The molecule has 2 heterocycles. The number of para-hydroxylation sites is 1. The van der Waals surface area contributed by atoms with Crippen LogP contribution in [0.2, 0.25) is 0 Å². The number of hydrogen-bond acceptors (Lipinski definition) is 4. The van der Waals surface area contributed by atoms with Gasteiger partial charge in [-0.05, 0) is 28.1 Å². The van der Waals surface area contributed by atoms with Gasteiger partial charge in [0.2, 0.25) is 0 Å². The van der Waals surface area contributed by atoms with Crippen LogP contribution < -0.4 is 0 Å². The van der Waals surface area contributed by atoms with Crippen molar-refractivity contribution in [3.8, 4) is 0 Å². The molecule has 0 N–H and O–H groups in total. The third-order valence-corrected chi connectivity index (χ3v) is 3.27. The van der Waals surface area contributed by atoms with Crippen LogP contribution in [0.5, 0.6) is 0 Å². The van der Waals surface area contributed by atoms with Crippen LogP contribution in [0.3, 0.4) is 0 Å². The van der Waals surface area contributed by atoms with Gasteiger partial charge in [-0.15, -0.1) is 0 Å². The van der Waals surface area contributed by atoms with Crippen molar-refractivity contribution in [1.82, 2.24) is 4.98 Å². The zero-order valence-corrected chi connectivity index (χ0v) is 9.97. The van der Waals surface area contributed by atoms with E-state index in [-0.39, 0.29) is 5.69 Å². The molecule has 5 nitrogen and oxygen atoms in total. The van der Waals surface area contributed by atoms with E-state index < -0.39 is 4.92 Å². The number of hydrogen-bond donors (Lipinski definition) is 0. The van der Waals surface area contributed by atoms with Gasteiger partial charge in [-0.3, -0.25) is 10.1 Å². The number of nitro groups is 1. The number of nitrogens with zero attached hydrogens (tertiary/aromatic N) is 2.